The number of hydrogen-bond donors (Lipinski definition) is 1. The van der Waals surface area contributed by atoms with Gasteiger partial charge in [0, 0.05) is 54.0 Å². The maximum atomic E-state index is 14.2. The van der Waals surface area contributed by atoms with Crippen molar-refractivity contribution in [3.8, 4) is 5.75 Å². The van der Waals surface area contributed by atoms with Crippen LogP contribution in [0.3, 0.4) is 0 Å². The first kappa shape index (κ1) is 26.8. The Balaban J connectivity index is 1.39. The van der Waals surface area contributed by atoms with Gasteiger partial charge in [0.15, 0.2) is 0 Å². The van der Waals surface area contributed by atoms with Crippen LogP contribution in [-0.4, -0.2) is 53.4 Å². The van der Waals surface area contributed by atoms with Crippen molar-refractivity contribution >= 4 is 35.2 Å². The molecule has 1 atom stereocenters. The molecule has 1 N–H and O–H groups in total. The molecule has 2 aliphatic rings. The summed E-state index contributed by atoms with van der Waals surface area (Å²) in [6.07, 6.45) is 1.83. The van der Waals surface area contributed by atoms with Gasteiger partial charge in [-0.15, -0.1) is 0 Å². The van der Waals surface area contributed by atoms with Crippen LogP contribution >= 0.6 is 11.6 Å². The maximum absolute atomic E-state index is 14.2. The van der Waals surface area contributed by atoms with Crippen LogP contribution in [0.5, 0.6) is 5.75 Å². The van der Waals surface area contributed by atoms with E-state index in [1.54, 1.807) is 17.0 Å². The number of benzene rings is 2. The van der Waals surface area contributed by atoms with Crippen molar-refractivity contribution in [3.63, 3.8) is 0 Å². The van der Waals surface area contributed by atoms with E-state index in [0.717, 1.165) is 72.7 Å². The Hall–Kier alpha value is -3.78. The Morgan fingerprint density at radius 1 is 1.03 bits per heavy atom. The smallest absolute Gasteiger partial charge is 0.449 e. The molecule has 8 nitrogen and oxygen atoms in total. The van der Waals surface area contributed by atoms with Crippen LogP contribution in [-0.2, 0) is 6.42 Å². The van der Waals surface area contributed by atoms with E-state index in [9.17, 15) is 9.59 Å². The first-order chi connectivity index (χ1) is 18.7. The van der Waals surface area contributed by atoms with E-state index < -0.39 is 6.16 Å². The van der Waals surface area contributed by atoms with E-state index in [2.05, 4.69) is 22.0 Å². The lowest BCUT2D eigenvalue weighted by Gasteiger charge is -2.42. The molecule has 1 aliphatic carbocycles. The van der Waals surface area contributed by atoms with Crippen LogP contribution in [0.2, 0.25) is 5.02 Å². The number of carbonyl (C=O) groups excluding carboxylic acids is 1. The SMILES string of the molecule is Cc1cc(N2CCC(N(C(=O)N(C)C3CCc4ccc(OC(=O)O)cc43)c3cccc(Cl)c3)CC2)cc(C)n1. The highest BCUT2D eigenvalue weighted by molar-refractivity contribution is 6.30. The minimum absolute atomic E-state index is 0.00116. The van der Waals surface area contributed by atoms with Crippen LogP contribution < -0.4 is 14.5 Å². The third kappa shape index (κ3) is 5.81. The summed E-state index contributed by atoms with van der Waals surface area (Å²) in [4.78, 5) is 35.8. The van der Waals surface area contributed by atoms with E-state index in [0.29, 0.717) is 5.02 Å². The first-order valence-corrected chi connectivity index (χ1v) is 13.6. The highest BCUT2D eigenvalue weighted by Crippen LogP contribution is 2.39. The lowest BCUT2D eigenvalue weighted by atomic mass is 10.0. The van der Waals surface area contributed by atoms with E-state index in [4.69, 9.17) is 21.4 Å². The van der Waals surface area contributed by atoms with E-state index in [-0.39, 0.29) is 23.9 Å². The van der Waals surface area contributed by atoms with Gasteiger partial charge in [0.05, 0.1) is 6.04 Å². The fraction of sp³-hybridized carbons (Fsp3) is 0.367. The van der Waals surface area contributed by atoms with Crippen LogP contribution in [0.15, 0.2) is 54.6 Å². The van der Waals surface area contributed by atoms with Crippen molar-refractivity contribution in [3.05, 3.63) is 82.1 Å². The van der Waals surface area contributed by atoms with E-state index in [1.165, 1.54) is 0 Å². The molecule has 2 aromatic carbocycles. The molecule has 39 heavy (non-hydrogen) atoms. The summed E-state index contributed by atoms with van der Waals surface area (Å²) >= 11 is 6.37. The van der Waals surface area contributed by atoms with Gasteiger partial charge in [-0.05, 0) is 93.1 Å². The molecule has 2 amide bonds. The number of aryl methyl sites for hydroxylation is 3. The van der Waals surface area contributed by atoms with Gasteiger partial charge < -0.3 is 19.6 Å². The van der Waals surface area contributed by atoms with Crippen molar-refractivity contribution in [1.29, 1.82) is 0 Å². The third-order valence-corrected chi connectivity index (χ3v) is 7.93. The zero-order chi connectivity index (χ0) is 27.7. The van der Waals surface area contributed by atoms with Gasteiger partial charge in [-0.1, -0.05) is 23.7 Å². The molecule has 0 radical (unpaired) electrons. The number of amides is 2. The lowest BCUT2D eigenvalue weighted by molar-refractivity contribution is 0.144. The molecule has 1 aromatic heterocycles. The fourth-order valence-electron chi connectivity index (χ4n) is 5.91. The van der Waals surface area contributed by atoms with Crippen molar-refractivity contribution in [2.45, 2.75) is 51.6 Å². The van der Waals surface area contributed by atoms with Crippen LogP contribution in [0, 0.1) is 13.8 Å². The van der Waals surface area contributed by atoms with Crippen LogP contribution in [0.1, 0.15) is 47.8 Å². The standard InChI is InChI=1S/C30H33ClN4O4/c1-19-15-25(16-20(2)32-19)34-13-11-23(12-14-34)35(24-6-4-5-22(31)17-24)29(36)33(3)28-10-8-21-7-9-26(18-27(21)28)39-30(37)38/h4-7,9,15-18,23,28H,8,10-14H2,1-3H3,(H,37,38). The van der Waals surface area contributed by atoms with Gasteiger partial charge in [0.2, 0.25) is 0 Å². The van der Waals surface area contributed by atoms with Crippen molar-refractivity contribution in [1.82, 2.24) is 9.88 Å². The predicted molar refractivity (Wildman–Crippen MR) is 152 cm³/mol. The Morgan fingerprint density at radius 3 is 2.41 bits per heavy atom. The molecule has 1 aliphatic heterocycles. The number of urea groups is 1. The van der Waals surface area contributed by atoms with Gasteiger partial charge in [-0.2, -0.15) is 0 Å². The fourth-order valence-corrected chi connectivity index (χ4v) is 6.09. The quantitative estimate of drug-likeness (QED) is 0.285. The number of rotatable bonds is 5. The molecule has 0 bridgehead atoms. The highest BCUT2D eigenvalue weighted by Gasteiger charge is 2.36. The predicted octanol–water partition coefficient (Wildman–Crippen LogP) is 6.62. The van der Waals surface area contributed by atoms with Crippen molar-refractivity contribution in [2.24, 2.45) is 0 Å². The molecule has 1 unspecified atom stereocenters. The largest absolute Gasteiger partial charge is 0.511 e. The molecule has 0 saturated carbocycles. The van der Waals surface area contributed by atoms with Gasteiger partial charge in [-0.3, -0.25) is 9.88 Å². The molecule has 3 aromatic rings. The first-order valence-electron chi connectivity index (χ1n) is 13.2. The summed E-state index contributed by atoms with van der Waals surface area (Å²) in [6.45, 7) is 5.67. The van der Waals surface area contributed by atoms with E-state index >= 15 is 0 Å². The Kier molecular flexibility index (Phi) is 7.66. The molecule has 1 saturated heterocycles. The summed E-state index contributed by atoms with van der Waals surface area (Å²) in [7, 11) is 1.82. The molecule has 2 heterocycles. The average Bonchev–Trinajstić information content (AvgIpc) is 3.31. The molecule has 0 spiro atoms. The Bertz CT molecular complexity index is 1370. The molecule has 5 rings (SSSR count). The lowest BCUT2D eigenvalue weighted by Crippen LogP contribution is -2.52. The summed E-state index contributed by atoms with van der Waals surface area (Å²) in [5.74, 6) is 0.259. The number of aromatic nitrogens is 1. The minimum atomic E-state index is -1.36. The molecule has 204 valence electrons. The molecular formula is C30H33ClN4O4. The van der Waals surface area contributed by atoms with Gasteiger partial charge >= 0.3 is 12.2 Å². The van der Waals surface area contributed by atoms with Gasteiger partial charge in [0.25, 0.3) is 0 Å². The van der Waals surface area contributed by atoms with Gasteiger partial charge in [-0.25, -0.2) is 9.59 Å². The third-order valence-electron chi connectivity index (χ3n) is 7.69. The second-order valence-corrected chi connectivity index (χ2v) is 10.8. The second-order valence-electron chi connectivity index (χ2n) is 10.4. The maximum Gasteiger partial charge on any atom is 0.511 e. The number of carboxylic acid groups (broad SMARTS) is 1. The van der Waals surface area contributed by atoms with Crippen LogP contribution in [0.4, 0.5) is 21.0 Å². The number of piperidine rings is 1. The minimum Gasteiger partial charge on any atom is -0.449 e. The number of nitrogens with zero attached hydrogens (tertiary/aromatic N) is 4. The second kappa shape index (κ2) is 11.1. The normalized spacial score (nSPS) is 17.0. The van der Waals surface area contributed by atoms with Crippen molar-refractivity contribution < 1.29 is 19.4 Å². The molecule has 1 fully saturated rings. The van der Waals surface area contributed by atoms with Crippen molar-refractivity contribution in [2.75, 3.05) is 29.9 Å². The van der Waals surface area contributed by atoms with E-state index in [1.807, 2.05) is 56.1 Å². The summed E-state index contributed by atoms with van der Waals surface area (Å²) in [5, 5.41) is 9.63. The Morgan fingerprint density at radius 2 is 1.74 bits per heavy atom. The number of anilines is 2. The molecular weight excluding hydrogens is 516 g/mol. The van der Waals surface area contributed by atoms with Gasteiger partial charge in [0.1, 0.15) is 5.75 Å². The average molecular weight is 549 g/mol. The number of fused-ring (bicyclic) bond motifs is 1. The topological polar surface area (TPSA) is 86.2 Å². The number of carbonyl (C=O) groups is 2. The Labute approximate surface area is 233 Å². The summed E-state index contributed by atoms with van der Waals surface area (Å²) in [6, 6.07) is 16.7. The molecule has 9 heteroatoms. The monoisotopic (exact) mass is 548 g/mol. The number of hydrogen-bond acceptors (Lipinski definition) is 5. The summed E-state index contributed by atoms with van der Waals surface area (Å²) in [5.41, 5.74) is 5.96. The van der Waals surface area contributed by atoms with Crippen LogP contribution in [0.25, 0.3) is 0 Å². The zero-order valence-electron chi connectivity index (χ0n) is 22.4. The number of halogens is 1. The summed E-state index contributed by atoms with van der Waals surface area (Å²) < 4.78 is 4.89. The number of pyridine rings is 1. The highest BCUT2D eigenvalue weighted by atomic mass is 35.5. The number of ether oxygens (including phenoxy) is 1. The zero-order valence-corrected chi connectivity index (χ0v) is 23.2.